The molecule has 5 aliphatic heterocycles. The zero-order valence-corrected chi connectivity index (χ0v) is 16.0. The van der Waals surface area contributed by atoms with Gasteiger partial charge in [-0.05, 0) is 24.3 Å². The zero-order chi connectivity index (χ0) is 19.5. The van der Waals surface area contributed by atoms with E-state index < -0.39 is 23.8 Å². The molecule has 28 heavy (non-hydrogen) atoms. The molecule has 4 amide bonds. The van der Waals surface area contributed by atoms with Crippen LogP contribution in [0.1, 0.15) is 0 Å². The van der Waals surface area contributed by atoms with Gasteiger partial charge in [-0.2, -0.15) is 0 Å². The van der Waals surface area contributed by atoms with Crippen LogP contribution in [-0.4, -0.2) is 69.2 Å². The van der Waals surface area contributed by atoms with Gasteiger partial charge < -0.3 is 0 Å². The van der Waals surface area contributed by atoms with Crippen LogP contribution in [0.2, 0.25) is 5.02 Å². The second-order valence-corrected chi connectivity index (χ2v) is 8.76. The van der Waals surface area contributed by atoms with Gasteiger partial charge in [-0.15, -0.1) is 0 Å². The van der Waals surface area contributed by atoms with Crippen molar-refractivity contribution in [3.05, 3.63) is 29.3 Å². The highest BCUT2D eigenvalue weighted by Crippen LogP contribution is 2.21. The lowest BCUT2D eigenvalue weighted by atomic mass is 9.91. The molecular weight excluding hydrogens is 384 g/mol. The van der Waals surface area contributed by atoms with Gasteiger partial charge in [-0.25, -0.2) is 29.4 Å². The molecular formula is C18H23ClN6O3+4. The van der Waals surface area contributed by atoms with Crippen molar-refractivity contribution in [1.29, 1.82) is 0 Å². The van der Waals surface area contributed by atoms with E-state index >= 15 is 0 Å². The van der Waals surface area contributed by atoms with Crippen molar-refractivity contribution < 1.29 is 34.1 Å². The van der Waals surface area contributed by atoms with Crippen LogP contribution in [-0.2, 0) is 9.59 Å². The molecule has 1 atom stereocenters. The number of halogens is 1. The van der Waals surface area contributed by atoms with Crippen LogP contribution >= 0.6 is 11.6 Å². The third-order valence-corrected chi connectivity index (χ3v) is 6.36. The van der Waals surface area contributed by atoms with Crippen LogP contribution in [0, 0.1) is 5.92 Å². The molecule has 5 fully saturated rings. The third-order valence-electron chi connectivity index (χ3n) is 6.11. The van der Waals surface area contributed by atoms with Gasteiger partial charge in [0.25, 0.3) is 11.8 Å². The van der Waals surface area contributed by atoms with Crippen molar-refractivity contribution in [2.45, 2.75) is 5.54 Å². The van der Waals surface area contributed by atoms with Crippen LogP contribution in [0.5, 0.6) is 0 Å². The molecule has 5 saturated heterocycles. The number of barbiturate groups is 1. The topological polar surface area (TPSA) is 93.8 Å². The molecule has 0 aromatic heterocycles. The summed E-state index contributed by atoms with van der Waals surface area (Å²) in [6, 6.07) is 5.64. The van der Waals surface area contributed by atoms with Crippen LogP contribution in [0.15, 0.2) is 24.3 Å². The van der Waals surface area contributed by atoms with Crippen molar-refractivity contribution in [2.75, 3.05) is 44.5 Å². The number of carbonyl (C=O) groups is 3. The van der Waals surface area contributed by atoms with Gasteiger partial charge in [0, 0.05) is 5.02 Å². The average molecular weight is 407 g/mol. The predicted octanol–water partition coefficient (Wildman–Crippen LogP) is -6.00. The first-order chi connectivity index (χ1) is 13.4. The normalized spacial score (nSPS) is 37.0. The number of hydrogen-bond donors (Lipinski definition) is 5. The summed E-state index contributed by atoms with van der Waals surface area (Å²) < 4.78 is 0. The lowest BCUT2D eigenvalue weighted by molar-refractivity contribution is -1.30. The van der Waals surface area contributed by atoms with E-state index in [2.05, 4.69) is 10.3 Å². The summed E-state index contributed by atoms with van der Waals surface area (Å²) in [4.78, 5) is 46.7. The highest BCUT2D eigenvalue weighted by atomic mass is 35.5. The van der Waals surface area contributed by atoms with Gasteiger partial charge in [0.1, 0.15) is 0 Å². The van der Waals surface area contributed by atoms with Gasteiger partial charge in [0.15, 0.2) is 31.8 Å². The van der Waals surface area contributed by atoms with Crippen molar-refractivity contribution in [3.63, 3.8) is 0 Å². The summed E-state index contributed by atoms with van der Waals surface area (Å²) in [7, 11) is 0. The number of quaternary nitrogens is 3. The highest BCUT2D eigenvalue weighted by molar-refractivity contribution is 6.33. The van der Waals surface area contributed by atoms with Crippen molar-refractivity contribution in [3.8, 4) is 0 Å². The predicted molar refractivity (Wildman–Crippen MR) is 97.8 cm³/mol. The van der Waals surface area contributed by atoms with Crippen LogP contribution in [0.3, 0.4) is 0 Å². The molecule has 9 nitrogen and oxygen atoms in total. The Morgan fingerprint density at radius 1 is 1.04 bits per heavy atom. The molecule has 4 bridgehead atoms. The fourth-order valence-electron chi connectivity index (χ4n) is 5.23. The summed E-state index contributed by atoms with van der Waals surface area (Å²) >= 11 is 5.89. The molecule has 5 aliphatic rings. The summed E-state index contributed by atoms with van der Waals surface area (Å²) in [5, 5.41) is 2.79. The second kappa shape index (κ2) is 6.35. The Bertz CT molecular complexity index is 851. The summed E-state index contributed by atoms with van der Waals surface area (Å²) in [5.41, 5.74) is 0.274. The quantitative estimate of drug-likeness (QED) is 0.255. The van der Waals surface area contributed by atoms with E-state index in [0.29, 0.717) is 10.7 Å². The Labute approximate surface area is 166 Å². The van der Waals surface area contributed by atoms with Crippen molar-refractivity contribution in [2.24, 2.45) is 5.92 Å². The average Bonchev–Trinajstić information content (AvgIpc) is 2.61. The van der Waals surface area contributed by atoms with Crippen molar-refractivity contribution >= 4 is 41.3 Å². The standard InChI is InChI=1S/C18H19ClN6O3/c19-12-1-3-13(4-2-12)25-16(27)14(15(26)21-17(25)28)5-20-18-6-22-9-23(7-18)11-24(8-18)10-22/h1-5,14H,6-11H2,(H,21,26,28)/p+4/t14-/m1/s1. The number of nitrogens with zero attached hydrogens (tertiary/aromatic N) is 1. The lowest BCUT2D eigenvalue weighted by Gasteiger charge is -2.48. The Morgan fingerprint density at radius 3 is 2.18 bits per heavy atom. The number of hydrogen-bond acceptors (Lipinski definition) is 3. The molecule has 5 heterocycles. The Kier molecular flexibility index (Phi) is 4.02. The largest absolute Gasteiger partial charge is 0.335 e. The van der Waals surface area contributed by atoms with E-state index in [0.717, 1.165) is 44.5 Å². The molecule has 5 N–H and O–H groups in total. The van der Waals surface area contributed by atoms with Gasteiger partial charge in [-0.1, -0.05) is 11.6 Å². The molecule has 10 heteroatoms. The number of nitrogens with one attached hydrogen (secondary N) is 5. The fraction of sp³-hybridized carbons (Fsp3) is 0.444. The van der Waals surface area contributed by atoms with Gasteiger partial charge >= 0.3 is 11.6 Å². The number of urea groups is 1. The van der Waals surface area contributed by atoms with E-state index in [-0.39, 0.29) is 5.54 Å². The Hall–Kier alpha value is -2.33. The maximum Gasteiger partial charge on any atom is 0.335 e. The number of rotatable bonds is 3. The van der Waals surface area contributed by atoms with E-state index in [9.17, 15) is 14.4 Å². The highest BCUT2D eigenvalue weighted by Gasteiger charge is 2.61. The fourth-order valence-corrected chi connectivity index (χ4v) is 5.36. The number of benzene rings is 1. The molecule has 0 radical (unpaired) electrons. The van der Waals surface area contributed by atoms with E-state index in [1.54, 1.807) is 45.2 Å². The molecule has 0 aliphatic carbocycles. The molecule has 146 valence electrons. The summed E-state index contributed by atoms with van der Waals surface area (Å²) in [5.74, 6) is -2.20. The SMILES string of the molecule is O=C1NC(=O)N(c2ccc(Cl)cc2)C(=O)[C@@H]1C=[NH+]C12C[NH+]3C[NH+](C[NH+](C3)C1)C2. The van der Waals surface area contributed by atoms with Crippen LogP contribution < -0.4 is 29.9 Å². The zero-order valence-electron chi connectivity index (χ0n) is 15.3. The molecule has 0 unspecified atom stereocenters. The monoisotopic (exact) mass is 406 g/mol. The maximum atomic E-state index is 13.0. The van der Waals surface area contributed by atoms with E-state index in [4.69, 9.17) is 11.6 Å². The van der Waals surface area contributed by atoms with Gasteiger partial charge in [0.2, 0.25) is 20.0 Å². The maximum absolute atomic E-state index is 13.0. The minimum atomic E-state index is -1.05. The van der Waals surface area contributed by atoms with E-state index in [1.807, 2.05) is 0 Å². The van der Waals surface area contributed by atoms with Crippen LogP contribution in [0.4, 0.5) is 10.5 Å². The first-order valence-electron chi connectivity index (χ1n) is 9.49. The van der Waals surface area contributed by atoms with Gasteiger partial charge in [0.05, 0.1) is 5.69 Å². The first-order valence-corrected chi connectivity index (χ1v) is 9.86. The number of anilines is 1. The number of imide groups is 2. The minimum absolute atomic E-state index is 0.109. The lowest BCUT2D eigenvalue weighted by Crippen LogP contribution is -3.58. The molecule has 0 saturated carbocycles. The molecule has 1 aromatic rings. The Morgan fingerprint density at radius 2 is 1.61 bits per heavy atom. The number of amides is 4. The van der Waals surface area contributed by atoms with Gasteiger partial charge in [-0.3, -0.25) is 14.9 Å². The molecule has 0 spiro atoms. The summed E-state index contributed by atoms with van der Waals surface area (Å²) in [6.45, 7) is 6.36. The molecule has 6 rings (SSSR count). The van der Waals surface area contributed by atoms with E-state index in [1.165, 1.54) is 0 Å². The summed E-state index contributed by atoms with van der Waals surface area (Å²) in [6.07, 6.45) is 1.59. The number of carbonyl (C=O) groups excluding carboxylic acids is 3. The van der Waals surface area contributed by atoms with Crippen LogP contribution in [0.25, 0.3) is 0 Å². The second-order valence-electron chi connectivity index (χ2n) is 8.32. The van der Waals surface area contributed by atoms with Crippen molar-refractivity contribution in [1.82, 2.24) is 5.32 Å². The first kappa shape index (κ1) is 17.7. The minimum Gasteiger partial charge on any atom is -0.276 e. The molecule has 1 aromatic carbocycles. The smallest absolute Gasteiger partial charge is 0.276 e. The third kappa shape index (κ3) is 2.91. The Balaban J connectivity index is 1.40.